The molecule has 0 aromatic carbocycles. The van der Waals surface area contributed by atoms with Crippen LogP contribution in [0.2, 0.25) is 0 Å². The van der Waals surface area contributed by atoms with Crippen LogP contribution in [0.1, 0.15) is 20.3 Å². The van der Waals surface area contributed by atoms with Gasteiger partial charge in [0.05, 0.1) is 0 Å². The molecule has 0 saturated carbocycles. The summed E-state index contributed by atoms with van der Waals surface area (Å²) in [6.45, 7) is 2.79. The van der Waals surface area contributed by atoms with Crippen molar-refractivity contribution in [1.29, 1.82) is 5.41 Å². The summed E-state index contributed by atoms with van der Waals surface area (Å²) in [6.07, 6.45) is 0.238. The Morgan fingerprint density at radius 1 is 1.30 bits per heavy atom. The molecule has 1 atom stereocenters. The van der Waals surface area contributed by atoms with Crippen LogP contribution in [0, 0.1) is 5.41 Å². The first-order valence-corrected chi connectivity index (χ1v) is 6.80. The van der Waals surface area contributed by atoms with Crippen molar-refractivity contribution in [2.45, 2.75) is 37.9 Å². The number of carbonyl (C=O) groups excluding carboxylic acids is 3. The van der Waals surface area contributed by atoms with Crippen LogP contribution >= 0.6 is 0 Å². The van der Waals surface area contributed by atoms with Crippen LogP contribution in [0.15, 0.2) is 11.1 Å². The number of nitrogens with one attached hydrogen (secondary N) is 2. The average Bonchev–Trinajstić information content (AvgIpc) is 2.74. The van der Waals surface area contributed by atoms with Crippen LogP contribution in [0.25, 0.3) is 0 Å². The van der Waals surface area contributed by atoms with Crippen molar-refractivity contribution in [3.63, 3.8) is 0 Å². The maximum Gasteiger partial charge on any atom is 0.303 e. The molecule has 0 aromatic rings. The number of imide groups is 1. The maximum atomic E-state index is 12.4. The standard InChI is InChI=1S/C13H17N3O7/c1-3-6-7(5(2)14)4-16(10(6)18)8-9(17)15-11(19)13(22,23)12(8,20)21/h8,14,20-23H,3-4H2,1-2H3,(H,15,17,19). The molecular formula is C13H17N3O7. The SMILES string of the molecule is CCC1=C(C(C)=N)CN(C2C(=O)NC(=O)C(O)(O)C2(O)O)C1=O. The lowest BCUT2D eigenvalue weighted by molar-refractivity contribution is -0.355. The van der Waals surface area contributed by atoms with Gasteiger partial charge in [0.25, 0.3) is 23.5 Å². The Morgan fingerprint density at radius 2 is 1.87 bits per heavy atom. The minimum Gasteiger partial charge on any atom is -0.359 e. The summed E-state index contributed by atoms with van der Waals surface area (Å²) in [5.41, 5.74) is 0.574. The Balaban J connectivity index is 2.47. The van der Waals surface area contributed by atoms with Gasteiger partial charge in [0, 0.05) is 23.4 Å². The van der Waals surface area contributed by atoms with Gasteiger partial charge < -0.3 is 30.7 Å². The lowest BCUT2D eigenvalue weighted by Gasteiger charge is -2.45. The molecule has 0 radical (unpaired) electrons. The van der Waals surface area contributed by atoms with Crippen LogP contribution < -0.4 is 5.32 Å². The van der Waals surface area contributed by atoms with E-state index in [9.17, 15) is 34.8 Å². The summed E-state index contributed by atoms with van der Waals surface area (Å²) in [5.74, 6) is -11.0. The van der Waals surface area contributed by atoms with Gasteiger partial charge in [-0.25, -0.2) is 0 Å². The third kappa shape index (κ3) is 2.27. The minimum absolute atomic E-state index is 0.0609. The molecule has 2 heterocycles. The quantitative estimate of drug-likeness (QED) is 0.182. The van der Waals surface area contributed by atoms with Gasteiger partial charge in [-0.2, -0.15) is 0 Å². The van der Waals surface area contributed by atoms with Gasteiger partial charge in [0.2, 0.25) is 0 Å². The number of rotatable bonds is 3. The second-order valence-corrected chi connectivity index (χ2v) is 5.49. The van der Waals surface area contributed by atoms with Gasteiger partial charge >= 0.3 is 5.79 Å². The van der Waals surface area contributed by atoms with E-state index in [0.717, 1.165) is 0 Å². The van der Waals surface area contributed by atoms with Crippen molar-refractivity contribution in [3.05, 3.63) is 11.1 Å². The van der Waals surface area contributed by atoms with E-state index in [0.29, 0.717) is 10.5 Å². The Hall–Kier alpha value is -2.14. The number of aliphatic hydroxyl groups is 4. The number of carbonyl (C=O) groups is 3. The normalized spacial score (nSPS) is 26.6. The average molecular weight is 327 g/mol. The van der Waals surface area contributed by atoms with Gasteiger partial charge in [-0.3, -0.25) is 19.7 Å². The number of hydrogen-bond acceptors (Lipinski definition) is 8. The number of nitrogens with zero attached hydrogens (tertiary/aromatic N) is 1. The van der Waals surface area contributed by atoms with E-state index in [1.165, 1.54) is 6.92 Å². The Labute approximate surface area is 130 Å². The molecule has 0 spiro atoms. The highest BCUT2D eigenvalue weighted by Crippen LogP contribution is 2.33. The zero-order valence-electron chi connectivity index (χ0n) is 12.5. The van der Waals surface area contributed by atoms with Gasteiger partial charge in [-0.1, -0.05) is 6.92 Å². The molecule has 23 heavy (non-hydrogen) atoms. The van der Waals surface area contributed by atoms with E-state index >= 15 is 0 Å². The lowest BCUT2D eigenvalue weighted by atomic mass is 9.90. The summed E-state index contributed by atoms with van der Waals surface area (Å²) >= 11 is 0. The molecule has 1 fully saturated rings. The van der Waals surface area contributed by atoms with Gasteiger partial charge in [-0.15, -0.1) is 0 Å². The van der Waals surface area contributed by atoms with Crippen LogP contribution in [0.4, 0.5) is 0 Å². The van der Waals surface area contributed by atoms with Gasteiger partial charge in [0.1, 0.15) is 0 Å². The molecule has 10 nitrogen and oxygen atoms in total. The molecule has 2 aliphatic rings. The predicted molar refractivity (Wildman–Crippen MR) is 73.7 cm³/mol. The van der Waals surface area contributed by atoms with E-state index in [1.54, 1.807) is 12.2 Å². The van der Waals surface area contributed by atoms with E-state index in [2.05, 4.69) is 0 Å². The Morgan fingerprint density at radius 3 is 2.30 bits per heavy atom. The molecule has 6 N–H and O–H groups in total. The second-order valence-electron chi connectivity index (χ2n) is 5.49. The van der Waals surface area contributed by atoms with E-state index in [1.807, 2.05) is 0 Å². The molecular weight excluding hydrogens is 310 g/mol. The fraction of sp³-hybridized carbons (Fsp3) is 0.538. The van der Waals surface area contributed by atoms with Crippen LogP contribution in [0.3, 0.4) is 0 Å². The first-order valence-electron chi connectivity index (χ1n) is 6.80. The lowest BCUT2D eigenvalue weighted by Crippen LogP contribution is -2.79. The highest BCUT2D eigenvalue weighted by atomic mass is 16.6. The topological polar surface area (TPSA) is 171 Å². The van der Waals surface area contributed by atoms with Crippen molar-refractivity contribution in [2.75, 3.05) is 6.54 Å². The molecule has 0 bridgehead atoms. The van der Waals surface area contributed by atoms with Gasteiger partial charge in [0.15, 0.2) is 6.04 Å². The van der Waals surface area contributed by atoms with Crippen LogP contribution in [0.5, 0.6) is 0 Å². The molecule has 2 aliphatic heterocycles. The first-order chi connectivity index (χ1) is 10.5. The summed E-state index contributed by atoms with van der Waals surface area (Å²) < 4.78 is 0. The molecule has 2 rings (SSSR count). The van der Waals surface area contributed by atoms with Crippen LogP contribution in [-0.4, -0.2) is 72.9 Å². The van der Waals surface area contributed by atoms with Crippen molar-refractivity contribution in [2.24, 2.45) is 0 Å². The van der Waals surface area contributed by atoms with Gasteiger partial charge in [-0.05, 0) is 13.3 Å². The van der Waals surface area contributed by atoms with Crippen molar-refractivity contribution >= 4 is 23.4 Å². The zero-order valence-corrected chi connectivity index (χ0v) is 12.5. The van der Waals surface area contributed by atoms with E-state index in [4.69, 9.17) is 5.41 Å². The van der Waals surface area contributed by atoms with E-state index < -0.39 is 35.3 Å². The van der Waals surface area contributed by atoms with E-state index in [-0.39, 0.29) is 24.3 Å². The second kappa shape index (κ2) is 5.20. The zero-order chi connectivity index (χ0) is 17.7. The molecule has 0 aromatic heterocycles. The third-order valence-electron chi connectivity index (χ3n) is 4.03. The Bertz CT molecular complexity index is 650. The fourth-order valence-corrected chi connectivity index (χ4v) is 2.72. The number of piperidine rings is 1. The molecule has 1 unspecified atom stereocenters. The summed E-state index contributed by atoms with van der Waals surface area (Å²) in [7, 11) is 0. The highest BCUT2D eigenvalue weighted by molar-refractivity contribution is 6.12. The molecule has 1 saturated heterocycles. The maximum absolute atomic E-state index is 12.4. The number of hydrogen-bond donors (Lipinski definition) is 6. The van der Waals surface area contributed by atoms with Crippen LogP contribution in [-0.2, 0) is 14.4 Å². The summed E-state index contributed by atoms with van der Waals surface area (Å²) in [5, 5.41) is 48.4. The fourth-order valence-electron chi connectivity index (χ4n) is 2.72. The largest absolute Gasteiger partial charge is 0.359 e. The summed E-state index contributed by atoms with van der Waals surface area (Å²) in [4.78, 5) is 36.5. The third-order valence-corrected chi connectivity index (χ3v) is 4.03. The van der Waals surface area contributed by atoms with Crippen molar-refractivity contribution in [1.82, 2.24) is 10.2 Å². The molecule has 126 valence electrons. The van der Waals surface area contributed by atoms with Crippen molar-refractivity contribution < 1.29 is 34.8 Å². The smallest absolute Gasteiger partial charge is 0.303 e. The monoisotopic (exact) mass is 327 g/mol. The number of amides is 3. The first kappa shape index (κ1) is 17.2. The minimum atomic E-state index is -3.68. The van der Waals surface area contributed by atoms with Crippen molar-refractivity contribution in [3.8, 4) is 0 Å². The Kier molecular flexibility index (Phi) is 3.89. The predicted octanol–water partition coefficient (Wildman–Crippen LogP) is -3.04. The molecule has 0 aliphatic carbocycles. The summed E-state index contributed by atoms with van der Waals surface area (Å²) in [6, 6.07) is -2.12. The molecule has 3 amide bonds. The molecule has 10 heteroatoms. The highest BCUT2D eigenvalue weighted by Gasteiger charge is 2.67.